The molecule has 4 rings (SSSR count). The highest BCUT2D eigenvalue weighted by Gasteiger charge is 2.41. The second kappa shape index (κ2) is 5.45. The van der Waals surface area contributed by atoms with E-state index in [9.17, 15) is 0 Å². The Morgan fingerprint density at radius 3 is 2.13 bits per heavy atom. The van der Waals surface area contributed by atoms with Gasteiger partial charge in [0.2, 0.25) is 5.69 Å². The molecule has 3 aromatic rings. The molecule has 1 aliphatic rings. The van der Waals surface area contributed by atoms with Crippen LogP contribution in [0.4, 0.5) is 22.7 Å². The lowest BCUT2D eigenvalue weighted by molar-refractivity contribution is -0.527. The summed E-state index contributed by atoms with van der Waals surface area (Å²) < 4.78 is 2.80. The number of benzene rings is 3. The lowest BCUT2D eigenvalue weighted by Crippen LogP contribution is -2.46. The molecule has 0 radical (unpaired) electrons. The highest BCUT2D eigenvalue weighted by molar-refractivity contribution is 5.70. The van der Waals surface area contributed by atoms with Crippen LogP contribution >= 0.6 is 0 Å². The fourth-order valence-corrected chi connectivity index (χ4v) is 3.19. The Hall–Kier alpha value is -2.78. The second-order valence-electron chi connectivity index (χ2n) is 5.99. The molecule has 3 heteroatoms. The van der Waals surface area contributed by atoms with Gasteiger partial charge < -0.3 is 0 Å². The summed E-state index contributed by atoms with van der Waals surface area (Å²) in [5.74, 6) is 0. The standard InChI is InChI=1S/C20H19N3/c1-23(18-12-6-3-7-13-18)16-22(17-10-4-2-5-11-17)21-19-14-8-9-15-20(19)23/h2-15H,16H2,1H3/q+2. The van der Waals surface area contributed by atoms with E-state index in [1.165, 1.54) is 11.4 Å². The Bertz CT molecular complexity index is 856. The third-order valence-corrected chi connectivity index (χ3v) is 4.44. The molecule has 1 unspecified atom stereocenters. The maximum Gasteiger partial charge on any atom is 0.311 e. The molecule has 0 aliphatic carbocycles. The number of fused-ring (bicyclic) bond motifs is 1. The summed E-state index contributed by atoms with van der Waals surface area (Å²) in [6.45, 7) is 0.769. The third kappa shape index (κ3) is 2.35. The molecule has 0 saturated heterocycles. The van der Waals surface area contributed by atoms with Gasteiger partial charge in [0.15, 0.2) is 11.4 Å². The van der Waals surface area contributed by atoms with Gasteiger partial charge in [-0.25, -0.2) is 4.48 Å². The zero-order valence-corrected chi connectivity index (χ0v) is 13.1. The molecule has 0 aromatic heterocycles. The van der Waals surface area contributed by atoms with Crippen LogP contribution < -0.4 is 4.48 Å². The van der Waals surface area contributed by atoms with Crippen LogP contribution in [0, 0.1) is 0 Å². The number of azo groups is 2. The maximum atomic E-state index is 4.85. The summed E-state index contributed by atoms with van der Waals surface area (Å²) in [5.41, 5.74) is 4.62. The highest BCUT2D eigenvalue weighted by Crippen LogP contribution is 2.43. The summed E-state index contributed by atoms with van der Waals surface area (Å²) in [7, 11) is 2.25. The fraction of sp³-hybridized carbons (Fsp3) is 0.100. The number of hydrogen-bond donors (Lipinski definition) is 0. The summed E-state index contributed by atoms with van der Waals surface area (Å²) in [4.78, 5) is 0. The summed E-state index contributed by atoms with van der Waals surface area (Å²) >= 11 is 0. The van der Waals surface area contributed by atoms with Gasteiger partial charge in [0, 0.05) is 23.3 Å². The molecule has 0 spiro atoms. The van der Waals surface area contributed by atoms with Crippen LogP contribution in [0.2, 0.25) is 0 Å². The summed E-state index contributed by atoms with van der Waals surface area (Å²) in [6, 6.07) is 29.4. The van der Waals surface area contributed by atoms with Crippen molar-refractivity contribution >= 4 is 22.7 Å². The summed E-state index contributed by atoms with van der Waals surface area (Å²) in [5, 5.41) is 4.85. The molecule has 23 heavy (non-hydrogen) atoms. The van der Waals surface area contributed by atoms with E-state index < -0.39 is 0 Å². The normalized spacial score (nSPS) is 19.8. The molecular weight excluding hydrogens is 282 g/mol. The molecule has 0 bridgehead atoms. The molecule has 3 aromatic carbocycles. The minimum Gasteiger partial charge on any atom is -0.202 e. The van der Waals surface area contributed by atoms with Crippen molar-refractivity contribution in [1.82, 2.24) is 4.48 Å². The molecule has 0 fully saturated rings. The Morgan fingerprint density at radius 2 is 1.39 bits per heavy atom. The molecular formula is C20H19N3+2. The van der Waals surface area contributed by atoms with Crippen molar-refractivity contribution < 1.29 is 4.70 Å². The van der Waals surface area contributed by atoms with E-state index in [0.717, 1.165) is 18.0 Å². The highest BCUT2D eigenvalue weighted by atomic mass is 15.5. The number of para-hydroxylation sites is 3. The monoisotopic (exact) mass is 301 g/mol. The fourth-order valence-electron chi connectivity index (χ4n) is 3.19. The molecule has 1 heterocycles. The first kappa shape index (κ1) is 13.9. The van der Waals surface area contributed by atoms with Crippen molar-refractivity contribution in [2.75, 3.05) is 13.7 Å². The minimum atomic E-state index is 0.704. The number of hydrogen-bond acceptors (Lipinski definition) is 1. The van der Waals surface area contributed by atoms with Gasteiger partial charge in [0.25, 0.3) is 0 Å². The van der Waals surface area contributed by atoms with E-state index in [0.29, 0.717) is 4.48 Å². The van der Waals surface area contributed by atoms with E-state index in [1.54, 1.807) is 0 Å². The average Bonchev–Trinajstić information content (AvgIpc) is 2.63. The first-order valence-corrected chi connectivity index (χ1v) is 7.82. The first-order chi connectivity index (χ1) is 11.3. The molecule has 1 atom stereocenters. The van der Waals surface area contributed by atoms with Crippen LogP contribution in [0.5, 0.6) is 0 Å². The third-order valence-electron chi connectivity index (χ3n) is 4.44. The zero-order chi connectivity index (χ0) is 15.7. The van der Waals surface area contributed by atoms with Gasteiger partial charge in [0.1, 0.15) is 5.69 Å². The first-order valence-electron chi connectivity index (χ1n) is 7.82. The van der Waals surface area contributed by atoms with Gasteiger partial charge in [-0.15, -0.1) is 0 Å². The lowest BCUT2D eigenvalue weighted by Gasteiger charge is -2.32. The predicted molar refractivity (Wildman–Crippen MR) is 93.6 cm³/mol. The Morgan fingerprint density at radius 1 is 0.783 bits per heavy atom. The van der Waals surface area contributed by atoms with Crippen molar-refractivity contribution in [3.8, 4) is 0 Å². The van der Waals surface area contributed by atoms with Gasteiger partial charge in [-0.1, -0.05) is 48.5 Å². The molecule has 112 valence electrons. The van der Waals surface area contributed by atoms with Crippen molar-refractivity contribution in [3.63, 3.8) is 0 Å². The topological polar surface area (TPSA) is 15.4 Å². The van der Waals surface area contributed by atoms with Crippen molar-refractivity contribution in [1.29, 1.82) is 0 Å². The van der Waals surface area contributed by atoms with Gasteiger partial charge in [-0.05, 0) is 22.9 Å². The van der Waals surface area contributed by atoms with Crippen LogP contribution in [0.15, 0.2) is 90.0 Å². The predicted octanol–water partition coefficient (Wildman–Crippen LogP) is 5.35. The van der Waals surface area contributed by atoms with E-state index in [2.05, 4.69) is 84.5 Å². The molecule has 1 aliphatic heterocycles. The number of nitrogens with zero attached hydrogens (tertiary/aromatic N) is 3. The minimum absolute atomic E-state index is 0.704. The quantitative estimate of drug-likeness (QED) is 0.447. The van der Waals surface area contributed by atoms with Gasteiger partial charge in [-0.3, -0.25) is 0 Å². The van der Waals surface area contributed by atoms with Gasteiger partial charge in [-0.2, -0.15) is 0 Å². The van der Waals surface area contributed by atoms with Crippen LogP contribution in [0.3, 0.4) is 0 Å². The lowest BCUT2D eigenvalue weighted by atomic mass is 10.1. The van der Waals surface area contributed by atoms with E-state index in [1.807, 2.05) is 12.1 Å². The maximum absolute atomic E-state index is 4.85. The van der Waals surface area contributed by atoms with E-state index in [-0.39, 0.29) is 0 Å². The number of quaternary nitrogens is 1. The van der Waals surface area contributed by atoms with Crippen LogP contribution in [-0.4, -0.2) is 18.4 Å². The van der Waals surface area contributed by atoms with Crippen molar-refractivity contribution in [2.45, 2.75) is 0 Å². The Labute approximate surface area is 136 Å². The molecule has 0 N–H and O–H groups in total. The Balaban J connectivity index is 1.91. The number of rotatable bonds is 2. The van der Waals surface area contributed by atoms with Crippen LogP contribution in [0.1, 0.15) is 0 Å². The van der Waals surface area contributed by atoms with Gasteiger partial charge >= 0.3 is 6.67 Å². The zero-order valence-electron chi connectivity index (χ0n) is 13.1. The SMILES string of the molecule is C[N+]1(c2ccccc2)C[N+](c2ccccc2)=Nc2ccccc21. The van der Waals surface area contributed by atoms with Crippen molar-refractivity contribution in [3.05, 3.63) is 84.9 Å². The van der Waals surface area contributed by atoms with E-state index >= 15 is 0 Å². The van der Waals surface area contributed by atoms with E-state index in [4.69, 9.17) is 5.11 Å². The van der Waals surface area contributed by atoms with Crippen LogP contribution in [0.25, 0.3) is 0 Å². The second-order valence-corrected chi connectivity index (χ2v) is 5.99. The molecule has 3 nitrogen and oxygen atoms in total. The molecule has 0 amide bonds. The molecule has 0 saturated carbocycles. The Kier molecular flexibility index (Phi) is 3.28. The smallest absolute Gasteiger partial charge is 0.202 e. The summed E-state index contributed by atoms with van der Waals surface area (Å²) in [6.07, 6.45) is 0. The largest absolute Gasteiger partial charge is 0.311 e. The average molecular weight is 301 g/mol. The van der Waals surface area contributed by atoms with Gasteiger partial charge in [0.05, 0.1) is 7.05 Å². The van der Waals surface area contributed by atoms with Crippen LogP contribution in [-0.2, 0) is 0 Å². The van der Waals surface area contributed by atoms with Crippen molar-refractivity contribution in [2.24, 2.45) is 5.11 Å².